The van der Waals surface area contributed by atoms with Gasteiger partial charge < -0.3 is 20.6 Å². The van der Waals surface area contributed by atoms with Gasteiger partial charge >= 0.3 is 11.9 Å². The molecule has 0 spiro atoms. The van der Waals surface area contributed by atoms with Crippen LogP contribution in [0.2, 0.25) is 0 Å². The molecule has 0 aromatic heterocycles. The van der Waals surface area contributed by atoms with E-state index in [1.807, 2.05) is 0 Å². The minimum atomic E-state index is -2.63. The van der Waals surface area contributed by atoms with Gasteiger partial charge in [-0.05, 0) is 44.7 Å². The Morgan fingerprint density at radius 3 is 2.12 bits per heavy atom. The monoisotopic (exact) mass is 231 g/mol. The maximum atomic E-state index is 10.7. The Morgan fingerprint density at radius 2 is 1.69 bits per heavy atom. The van der Waals surface area contributed by atoms with Crippen molar-refractivity contribution in [2.24, 2.45) is 5.92 Å². The van der Waals surface area contributed by atoms with E-state index in [4.69, 9.17) is 10.2 Å². The number of aliphatic hydroxyl groups is 1. The second-order valence-electron chi connectivity index (χ2n) is 4.20. The summed E-state index contributed by atoms with van der Waals surface area (Å²) in [4.78, 5) is 21.4. The third kappa shape index (κ3) is 2.93. The molecule has 1 fully saturated rings. The summed E-state index contributed by atoms with van der Waals surface area (Å²) in [5, 5.41) is 30.0. The van der Waals surface area contributed by atoms with Crippen LogP contribution in [0.5, 0.6) is 0 Å². The van der Waals surface area contributed by atoms with Crippen LogP contribution in [0.25, 0.3) is 0 Å². The fourth-order valence-electron chi connectivity index (χ4n) is 1.89. The highest BCUT2D eigenvalue weighted by Gasteiger charge is 2.44. The smallest absolute Gasteiger partial charge is 0.347 e. The summed E-state index contributed by atoms with van der Waals surface area (Å²) in [7, 11) is 0. The quantitative estimate of drug-likeness (QED) is 0.482. The lowest BCUT2D eigenvalue weighted by atomic mass is 9.87. The van der Waals surface area contributed by atoms with Gasteiger partial charge in [-0.15, -0.1) is 0 Å². The number of piperidine rings is 1. The van der Waals surface area contributed by atoms with Crippen molar-refractivity contribution in [2.75, 3.05) is 13.1 Å². The zero-order chi connectivity index (χ0) is 12.2. The fraction of sp³-hybridized carbons (Fsp3) is 0.800. The van der Waals surface area contributed by atoms with Gasteiger partial charge in [0.2, 0.25) is 0 Å². The molecule has 16 heavy (non-hydrogen) atoms. The maximum Gasteiger partial charge on any atom is 0.347 e. The third-order valence-corrected chi connectivity index (χ3v) is 3.08. The van der Waals surface area contributed by atoms with Gasteiger partial charge in [0.1, 0.15) is 0 Å². The Morgan fingerprint density at radius 1 is 1.19 bits per heavy atom. The normalized spacial score (nSPS) is 18.3. The van der Waals surface area contributed by atoms with Crippen LogP contribution in [0.15, 0.2) is 0 Å². The first-order valence-corrected chi connectivity index (χ1v) is 5.36. The number of carboxylic acids is 2. The van der Waals surface area contributed by atoms with Crippen LogP contribution in [-0.2, 0) is 9.59 Å². The van der Waals surface area contributed by atoms with Crippen molar-refractivity contribution < 1.29 is 24.9 Å². The first kappa shape index (κ1) is 12.9. The zero-order valence-corrected chi connectivity index (χ0v) is 8.98. The summed E-state index contributed by atoms with van der Waals surface area (Å²) in [6.45, 7) is 1.73. The second-order valence-corrected chi connectivity index (χ2v) is 4.20. The van der Waals surface area contributed by atoms with Crippen LogP contribution < -0.4 is 5.32 Å². The standard InChI is InChI=1S/C10H17NO5/c12-8(13)10(16,9(14)15)4-1-7-2-5-11-6-3-7/h7,11,16H,1-6H2,(H,12,13)(H,14,15). The highest BCUT2D eigenvalue weighted by Crippen LogP contribution is 2.23. The highest BCUT2D eigenvalue weighted by molar-refractivity contribution is 6.01. The lowest BCUT2D eigenvalue weighted by molar-refractivity contribution is -0.177. The molecule has 0 saturated carbocycles. The van der Waals surface area contributed by atoms with Crippen molar-refractivity contribution in [3.63, 3.8) is 0 Å². The lowest BCUT2D eigenvalue weighted by Crippen LogP contribution is -2.47. The van der Waals surface area contributed by atoms with Gasteiger partial charge in [-0.3, -0.25) is 0 Å². The molecule has 1 heterocycles. The van der Waals surface area contributed by atoms with Gasteiger partial charge in [-0.25, -0.2) is 9.59 Å². The molecule has 1 aliphatic rings. The van der Waals surface area contributed by atoms with Gasteiger partial charge in [-0.1, -0.05) is 0 Å². The number of hydrogen-bond acceptors (Lipinski definition) is 4. The van der Waals surface area contributed by atoms with E-state index >= 15 is 0 Å². The number of hydrogen-bond donors (Lipinski definition) is 4. The Kier molecular flexibility index (Phi) is 4.26. The van der Waals surface area contributed by atoms with E-state index in [-0.39, 0.29) is 6.42 Å². The van der Waals surface area contributed by atoms with Crippen molar-refractivity contribution in [2.45, 2.75) is 31.3 Å². The number of rotatable bonds is 5. The summed E-state index contributed by atoms with van der Waals surface area (Å²) in [5.41, 5.74) is -2.63. The number of nitrogens with one attached hydrogen (secondary N) is 1. The molecule has 0 bridgehead atoms. The molecule has 0 radical (unpaired) electrons. The average molecular weight is 231 g/mol. The van der Waals surface area contributed by atoms with Gasteiger partial charge in [-0.2, -0.15) is 0 Å². The van der Waals surface area contributed by atoms with Crippen LogP contribution in [0.3, 0.4) is 0 Å². The molecule has 6 nitrogen and oxygen atoms in total. The first-order chi connectivity index (χ1) is 7.47. The number of carbonyl (C=O) groups is 2. The molecule has 0 aromatic carbocycles. The lowest BCUT2D eigenvalue weighted by Gasteiger charge is -2.25. The maximum absolute atomic E-state index is 10.7. The summed E-state index contributed by atoms with van der Waals surface area (Å²) < 4.78 is 0. The second kappa shape index (κ2) is 5.27. The van der Waals surface area contributed by atoms with E-state index in [0.29, 0.717) is 12.3 Å². The van der Waals surface area contributed by atoms with Crippen LogP contribution in [-0.4, -0.2) is 45.9 Å². The van der Waals surface area contributed by atoms with Crippen molar-refractivity contribution >= 4 is 11.9 Å². The summed E-state index contributed by atoms with van der Waals surface area (Å²) in [5.74, 6) is -3.07. The molecule has 6 heteroatoms. The predicted molar refractivity (Wildman–Crippen MR) is 55.0 cm³/mol. The van der Waals surface area contributed by atoms with E-state index in [0.717, 1.165) is 25.9 Å². The molecular weight excluding hydrogens is 214 g/mol. The average Bonchev–Trinajstić information content (AvgIpc) is 2.26. The molecule has 0 amide bonds. The van der Waals surface area contributed by atoms with Gasteiger partial charge in [0.05, 0.1) is 0 Å². The Labute approximate surface area is 93.3 Å². The molecule has 1 rings (SSSR count). The van der Waals surface area contributed by atoms with Crippen molar-refractivity contribution in [1.82, 2.24) is 5.32 Å². The Bertz CT molecular complexity index is 258. The SMILES string of the molecule is O=C(O)C(O)(CCC1CCNCC1)C(=O)O. The minimum absolute atomic E-state index is 0.234. The van der Waals surface area contributed by atoms with E-state index < -0.39 is 17.5 Å². The molecule has 1 aliphatic heterocycles. The molecule has 92 valence electrons. The topological polar surface area (TPSA) is 107 Å². The molecule has 4 N–H and O–H groups in total. The summed E-state index contributed by atoms with van der Waals surface area (Å²) >= 11 is 0. The first-order valence-electron chi connectivity index (χ1n) is 5.36. The van der Waals surface area contributed by atoms with Crippen LogP contribution >= 0.6 is 0 Å². The Balaban J connectivity index is 2.49. The summed E-state index contributed by atoms with van der Waals surface area (Å²) in [6, 6.07) is 0. The summed E-state index contributed by atoms with van der Waals surface area (Å²) in [6.07, 6.45) is 1.99. The fourth-order valence-corrected chi connectivity index (χ4v) is 1.89. The Hall–Kier alpha value is -1.14. The zero-order valence-electron chi connectivity index (χ0n) is 8.98. The number of aliphatic carboxylic acids is 2. The molecular formula is C10H17NO5. The molecule has 0 aromatic rings. The minimum Gasteiger partial charge on any atom is -0.479 e. The van der Waals surface area contributed by atoms with E-state index in [2.05, 4.69) is 5.32 Å². The van der Waals surface area contributed by atoms with Crippen LogP contribution in [0.1, 0.15) is 25.7 Å². The van der Waals surface area contributed by atoms with E-state index in [9.17, 15) is 14.7 Å². The van der Waals surface area contributed by atoms with E-state index in [1.54, 1.807) is 0 Å². The van der Waals surface area contributed by atoms with Crippen molar-refractivity contribution in [1.29, 1.82) is 0 Å². The van der Waals surface area contributed by atoms with Crippen molar-refractivity contribution in [3.8, 4) is 0 Å². The van der Waals surface area contributed by atoms with Crippen LogP contribution in [0, 0.1) is 5.92 Å². The highest BCUT2D eigenvalue weighted by atomic mass is 16.4. The predicted octanol–water partition coefficient (Wildman–Crippen LogP) is -0.333. The molecule has 1 saturated heterocycles. The molecule has 0 atom stereocenters. The third-order valence-electron chi connectivity index (χ3n) is 3.08. The van der Waals surface area contributed by atoms with Crippen molar-refractivity contribution in [3.05, 3.63) is 0 Å². The largest absolute Gasteiger partial charge is 0.479 e. The number of carboxylic acid groups (broad SMARTS) is 2. The van der Waals surface area contributed by atoms with Gasteiger partial charge in [0, 0.05) is 0 Å². The van der Waals surface area contributed by atoms with Gasteiger partial charge in [0.15, 0.2) is 0 Å². The molecule has 0 aliphatic carbocycles. The van der Waals surface area contributed by atoms with Gasteiger partial charge in [0.25, 0.3) is 5.60 Å². The molecule has 0 unspecified atom stereocenters. The van der Waals surface area contributed by atoms with Crippen LogP contribution in [0.4, 0.5) is 0 Å². The van der Waals surface area contributed by atoms with E-state index in [1.165, 1.54) is 0 Å².